The van der Waals surface area contributed by atoms with E-state index in [1.807, 2.05) is 32.0 Å². The molecule has 0 spiro atoms. The zero-order valence-electron chi connectivity index (χ0n) is 16.5. The fraction of sp³-hybridized carbons (Fsp3) is 0.550. The van der Waals surface area contributed by atoms with E-state index in [0.29, 0.717) is 18.7 Å². The molecular weight excluding hydrogens is 344 g/mol. The Morgan fingerprint density at radius 1 is 1.26 bits per heavy atom. The molecule has 2 rings (SSSR count). The minimum atomic E-state index is -0.103. The molecule has 7 nitrogen and oxygen atoms in total. The molecule has 27 heavy (non-hydrogen) atoms. The van der Waals surface area contributed by atoms with Crippen molar-refractivity contribution >= 4 is 17.8 Å². The number of nitrogens with one attached hydrogen (secondary N) is 2. The Bertz CT molecular complexity index is 667. The van der Waals surface area contributed by atoms with E-state index in [-0.39, 0.29) is 17.8 Å². The van der Waals surface area contributed by atoms with Gasteiger partial charge in [-0.1, -0.05) is 12.1 Å². The van der Waals surface area contributed by atoms with Crippen molar-refractivity contribution in [1.82, 2.24) is 15.5 Å². The molecule has 0 radical (unpaired) electrons. The molecule has 2 N–H and O–H groups in total. The molecule has 0 aromatic heterocycles. The smallest absolute Gasteiger partial charge is 0.309 e. The Hall–Kier alpha value is -2.57. The van der Waals surface area contributed by atoms with Gasteiger partial charge >= 0.3 is 5.97 Å². The molecule has 0 unspecified atom stereocenters. The Balaban J connectivity index is 2.01. The van der Waals surface area contributed by atoms with Gasteiger partial charge in [0.1, 0.15) is 0 Å². The summed E-state index contributed by atoms with van der Waals surface area (Å²) in [6.45, 7) is 7.11. The van der Waals surface area contributed by atoms with Crippen LogP contribution in [0, 0.1) is 5.92 Å². The summed E-state index contributed by atoms with van der Waals surface area (Å²) in [6, 6.07) is 7.48. The predicted molar refractivity (Wildman–Crippen MR) is 106 cm³/mol. The van der Waals surface area contributed by atoms with Gasteiger partial charge in [0.2, 0.25) is 0 Å². The molecule has 1 amide bonds. The van der Waals surface area contributed by atoms with Crippen LogP contribution in [0.4, 0.5) is 0 Å². The van der Waals surface area contributed by atoms with Crippen LogP contribution >= 0.6 is 0 Å². The van der Waals surface area contributed by atoms with Gasteiger partial charge in [-0.3, -0.25) is 9.59 Å². The summed E-state index contributed by atoms with van der Waals surface area (Å²) in [6.07, 6.45) is 1.55. The zero-order valence-corrected chi connectivity index (χ0v) is 16.5. The van der Waals surface area contributed by atoms with E-state index in [1.54, 1.807) is 13.1 Å². The van der Waals surface area contributed by atoms with Gasteiger partial charge < -0.3 is 20.3 Å². The Kier molecular flexibility index (Phi) is 8.10. The number of carbonyl (C=O) groups excluding carboxylic acids is 2. The molecule has 1 heterocycles. The van der Waals surface area contributed by atoms with E-state index in [4.69, 9.17) is 9.73 Å². The summed E-state index contributed by atoms with van der Waals surface area (Å²) in [4.78, 5) is 30.6. The van der Waals surface area contributed by atoms with Crippen molar-refractivity contribution in [2.24, 2.45) is 10.9 Å². The SMILES string of the molecule is CCNC(=NCc1cccc(C(=O)NC)c1)N1CCC(C(=O)OCC)CC1. The van der Waals surface area contributed by atoms with Crippen LogP contribution in [-0.2, 0) is 16.1 Å². The second-order valence-corrected chi connectivity index (χ2v) is 6.46. The molecule has 7 heteroatoms. The minimum Gasteiger partial charge on any atom is -0.466 e. The van der Waals surface area contributed by atoms with Crippen molar-refractivity contribution in [2.75, 3.05) is 33.3 Å². The third kappa shape index (κ3) is 5.98. The summed E-state index contributed by atoms with van der Waals surface area (Å²) in [5.41, 5.74) is 1.61. The molecule has 1 aliphatic rings. The molecule has 0 aliphatic carbocycles. The first-order valence-corrected chi connectivity index (χ1v) is 9.59. The second-order valence-electron chi connectivity index (χ2n) is 6.46. The molecule has 1 aliphatic heterocycles. The summed E-state index contributed by atoms with van der Waals surface area (Å²) in [7, 11) is 1.62. The van der Waals surface area contributed by atoms with E-state index >= 15 is 0 Å². The van der Waals surface area contributed by atoms with Crippen molar-refractivity contribution in [3.63, 3.8) is 0 Å². The number of benzene rings is 1. The van der Waals surface area contributed by atoms with Crippen molar-refractivity contribution in [1.29, 1.82) is 0 Å². The highest BCUT2D eigenvalue weighted by Crippen LogP contribution is 2.19. The molecule has 148 valence electrons. The van der Waals surface area contributed by atoms with Crippen molar-refractivity contribution < 1.29 is 14.3 Å². The predicted octanol–water partition coefficient (Wildman–Crippen LogP) is 1.79. The number of hydrogen-bond donors (Lipinski definition) is 2. The number of aliphatic imine (C=N–C) groups is 1. The van der Waals surface area contributed by atoms with E-state index in [0.717, 1.165) is 44.0 Å². The monoisotopic (exact) mass is 374 g/mol. The lowest BCUT2D eigenvalue weighted by atomic mass is 9.97. The third-order valence-corrected chi connectivity index (χ3v) is 4.58. The van der Waals surface area contributed by atoms with Crippen LogP contribution < -0.4 is 10.6 Å². The van der Waals surface area contributed by atoms with E-state index in [1.165, 1.54) is 0 Å². The first-order valence-electron chi connectivity index (χ1n) is 9.59. The molecule has 0 saturated carbocycles. The highest BCUT2D eigenvalue weighted by Gasteiger charge is 2.27. The normalized spacial score (nSPS) is 15.4. The lowest BCUT2D eigenvalue weighted by molar-refractivity contribution is -0.149. The molecular formula is C20H30N4O3. The number of hydrogen-bond acceptors (Lipinski definition) is 4. The summed E-state index contributed by atoms with van der Waals surface area (Å²) in [5, 5.41) is 5.96. The number of ether oxygens (including phenoxy) is 1. The highest BCUT2D eigenvalue weighted by atomic mass is 16.5. The van der Waals surface area contributed by atoms with Crippen LogP contribution in [0.25, 0.3) is 0 Å². The Morgan fingerprint density at radius 3 is 2.63 bits per heavy atom. The maximum atomic E-state index is 11.9. The molecule has 1 aromatic rings. The number of piperidine rings is 1. The summed E-state index contributed by atoms with van der Waals surface area (Å²) < 4.78 is 5.13. The van der Waals surface area contributed by atoms with Gasteiger partial charge in [-0.15, -0.1) is 0 Å². The van der Waals surface area contributed by atoms with Crippen molar-refractivity contribution in [3.05, 3.63) is 35.4 Å². The zero-order chi connectivity index (χ0) is 19.6. The fourth-order valence-corrected chi connectivity index (χ4v) is 3.13. The fourth-order valence-electron chi connectivity index (χ4n) is 3.13. The molecule has 0 bridgehead atoms. The number of guanidine groups is 1. The van der Waals surface area contributed by atoms with Crippen LogP contribution in [0.15, 0.2) is 29.3 Å². The Labute approximate surface area is 161 Å². The maximum absolute atomic E-state index is 11.9. The number of likely N-dealkylation sites (tertiary alicyclic amines) is 1. The minimum absolute atomic E-state index is 0.0201. The van der Waals surface area contributed by atoms with E-state index < -0.39 is 0 Å². The van der Waals surface area contributed by atoms with Gasteiger partial charge in [-0.2, -0.15) is 0 Å². The third-order valence-electron chi connectivity index (χ3n) is 4.58. The number of nitrogens with zero attached hydrogens (tertiary/aromatic N) is 2. The number of rotatable bonds is 6. The van der Waals surface area contributed by atoms with Crippen molar-refractivity contribution in [2.45, 2.75) is 33.2 Å². The van der Waals surface area contributed by atoms with E-state index in [2.05, 4.69) is 15.5 Å². The van der Waals surface area contributed by atoms with Crippen LogP contribution in [0.3, 0.4) is 0 Å². The van der Waals surface area contributed by atoms with Crippen LogP contribution in [0.1, 0.15) is 42.6 Å². The standard InChI is InChI=1S/C20H30N4O3/c1-4-22-20(24-11-9-16(10-12-24)19(26)27-5-2)23-14-15-7-6-8-17(13-15)18(25)21-3/h6-8,13,16H,4-5,9-12,14H2,1-3H3,(H,21,25)(H,22,23). The average molecular weight is 374 g/mol. The Morgan fingerprint density at radius 2 is 2.00 bits per heavy atom. The topological polar surface area (TPSA) is 83.0 Å². The number of carbonyl (C=O) groups is 2. The van der Waals surface area contributed by atoms with E-state index in [9.17, 15) is 9.59 Å². The number of amides is 1. The van der Waals surface area contributed by atoms with Gasteiger partial charge in [-0.05, 0) is 44.4 Å². The maximum Gasteiger partial charge on any atom is 0.309 e. The quantitative estimate of drug-likeness (QED) is 0.451. The molecule has 0 atom stereocenters. The van der Waals surface area contributed by atoms with Gasteiger partial charge in [0.15, 0.2) is 5.96 Å². The average Bonchev–Trinajstić information content (AvgIpc) is 2.71. The molecule has 1 saturated heterocycles. The lowest BCUT2D eigenvalue weighted by Crippen LogP contribution is -2.46. The second kappa shape index (κ2) is 10.5. The number of esters is 1. The molecule has 1 aromatic carbocycles. The van der Waals surface area contributed by atoms with Gasteiger partial charge in [0.05, 0.1) is 19.1 Å². The van der Waals surface area contributed by atoms with Crippen LogP contribution in [-0.4, -0.2) is 56.0 Å². The van der Waals surface area contributed by atoms with Gasteiger partial charge in [-0.25, -0.2) is 4.99 Å². The molecule has 1 fully saturated rings. The highest BCUT2D eigenvalue weighted by molar-refractivity contribution is 5.94. The van der Waals surface area contributed by atoms with Crippen LogP contribution in [0.5, 0.6) is 0 Å². The summed E-state index contributed by atoms with van der Waals surface area (Å²) in [5.74, 6) is 0.623. The lowest BCUT2D eigenvalue weighted by Gasteiger charge is -2.33. The first-order chi connectivity index (χ1) is 13.1. The van der Waals surface area contributed by atoms with Gasteiger partial charge in [0.25, 0.3) is 5.91 Å². The first kappa shape index (κ1) is 20.7. The van der Waals surface area contributed by atoms with Gasteiger partial charge in [0, 0.05) is 32.2 Å². The van der Waals surface area contributed by atoms with Crippen molar-refractivity contribution in [3.8, 4) is 0 Å². The summed E-state index contributed by atoms with van der Waals surface area (Å²) >= 11 is 0. The largest absolute Gasteiger partial charge is 0.466 e. The van der Waals surface area contributed by atoms with Crippen LogP contribution in [0.2, 0.25) is 0 Å².